The van der Waals surface area contributed by atoms with E-state index in [1.54, 1.807) is 11.3 Å². The standard InChI is InChI=1S/C10H7NS/c1-2-4-9-7(3-1)8-5-6-12-10(8)11-9/h1-2,4-6H,3H2. The number of allylic oxidation sites excluding steroid dienone is 4. The average molecular weight is 173 g/mol. The maximum atomic E-state index is 4.52. The van der Waals surface area contributed by atoms with E-state index < -0.39 is 0 Å². The first-order chi connectivity index (χ1) is 5.95. The highest BCUT2D eigenvalue weighted by Crippen LogP contribution is 2.22. The van der Waals surface area contributed by atoms with Gasteiger partial charge in [-0.15, -0.1) is 11.3 Å². The van der Waals surface area contributed by atoms with Crippen molar-refractivity contribution in [2.75, 3.05) is 0 Å². The fourth-order valence-electron chi connectivity index (χ4n) is 1.63. The van der Waals surface area contributed by atoms with Crippen LogP contribution in [0, 0.1) is 0 Å². The Labute approximate surface area is 74.1 Å². The van der Waals surface area contributed by atoms with Crippen molar-refractivity contribution in [1.29, 1.82) is 0 Å². The molecule has 1 nitrogen and oxygen atoms in total. The first kappa shape index (κ1) is 6.38. The summed E-state index contributed by atoms with van der Waals surface area (Å²) < 4.78 is 1.18. The topological polar surface area (TPSA) is 12.4 Å². The van der Waals surface area contributed by atoms with Crippen LogP contribution in [0.4, 0.5) is 0 Å². The van der Waals surface area contributed by atoms with Crippen molar-refractivity contribution >= 4 is 16.9 Å². The Morgan fingerprint density at radius 3 is 3.42 bits per heavy atom. The van der Waals surface area contributed by atoms with Gasteiger partial charge in [-0.3, -0.25) is 0 Å². The molecule has 0 unspecified atom stereocenters. The van der Waals surface area contributed by atoms with Crippen LogP contribution in [-0.2, 0) is 0 Å². The summed E-state index contributed by atoms with van der Waals surface area (Å²) in [6.07, 6.45) is 7.39. The Kier molecular flexibility index (Phi) is 1.15. The lowest BCUT2D eigenvalue weighted by atomic mass is 10.0. The molecule has 3 rings (SSSR count). The number of nitrogens with zero attached hydrogens (tertiary/aromatic N) is 1. The summed E-state index contributed by atoms with van der Waals surface area (Å²) in [5.74, 6) is 0. The van der Waals surface area contributed by atoms with Crippen molar-refractivity contribution in [3.8, 4) is 0 Å². The number of thiophene rings is 1. The number of fused-ring (bicyclic) bond motifs is 2. The third kappa shape index (κ3) is 0.703. The molecule has 12 heavy (non-hydrogen) atoms. The third-order valence-corrected chi connectivity index (χ3v) is 3.02. The zero-order valence-electron chi connectivity index (χ0n) is 6.45. The van der Waals surface area contributed by atoms with Crippen molar-refractivity contribution in [3.05, 3.63) is 45.3 Å². The van der Waals surface area contributed by atoms with E-state index >= 15 is 0 Å². The highest BCUT2D eigenvalue weighted by atomic mass is 32.1. The molecule has 0 atom stereocenters. The van der Waals surface area contributed by atoms with Crippen molar-refractivity contribution in [2.45, 2.75) is 6.42 Å². The molecule has 0 radical (unpaired) electrons. The molecule has 2 aliphatic rings. The molecule has 0 N–H and O–H groups in total. The highest BCUT2D eigenvalue weighted by molar-refractivity contribution is 7.07. The van der Waals surface area contributed by atoms with Crippen LogP contribution in [0.15, 0.2) is 40.4 Å². The average Bonchev–Trinajstić information content (AvgIpc) is 2.62. The van der Waals surface area contributed by atoms with Crippen molar-refractivity contribution in [1.82, 2.24) is 0 Å². The molecule has 1 aliphatic carbocycles. The van der Waals surface area contributed by atoms with Crippen LogP contribution in [0.3, 0.4) is 0 Å². The van der Waals surface area contributed by atoms with Gasteiger partial charge in [0.25, 0.3) is 0 Å². The van der Waals surface area contributed by atoms with Gasteiger partial charge in [0.15, 0.2) is 0 Å². The molecule has 0 spiro atoms. The molecule has 1 aromatic rings. The van der Waals surface area contributed by atoms with Crippen LogP contribution in [0.25, 0.3) is 5.57 Å². The summed E-state index contributed by atoms with van der Waals surface area (Å²) in [6.45, 7) is 0. The van der Waals surface area contributed by atoms with E-state index in [-0.39, 0.29) is 0 Å². The van der Waals surface area contributed by atoms with E-state index in [4.69, 9.17) is 0 Å². The van der Waals surface area contributed by atoms with Crippen molar-refractivity contribution in [3.63, 3.8) is 0 Å². The first-order valence-corrected chi connectivity index (χ1v) is 4.86. The Balaban J connectivity index is 2.47. The van der Waals surface area contributed by atoms with Gasteiger partial charge in [0.2, 0.25) is 0 Å². The zero-order valence-corrected chi connectivity index (χ0v) is 7.27. The highest BCUT2D eigenvalue weighted by Gasteiger charge is 2.13. The second-order valence-electron chi connectivity index (χ2n) is 2.91. The fraction of sp³-hybridized carbons (Fsp3) is 0.100. The molecule has 0 saturated carbocycles. The van der Waals surface area contributed by atoms with E-state index in [9.17, 15) is 0 Å². The van der Waals surface area contributed by atoms with Gasteiger partial charge in [-0.2, -0.15) is 0 Å². The molecule has 58 valence electrons. The summed E-state index contributed by atoms with van der Waals surface area (Å²) in [5, 5.41) is 3.45. The van der Waals surface area contributed by atoms with Crippen molar-refractivity contribution < 1.29 is 0 Å². The Morgan fingerprint density at radius 2 is 2.42 bits per heavy atom. The molecule has 2 heteroatoms. The summed E-state index contributed by atoms with van der Waals surface area (Å²) in [7, 11) is 0. The maximum absolute atomic E-state index is 4.52. The Hall–Kier alpha value is -1.15. The molecule has 0 bridgehead atoms. The lowest BCUT2D eigenvalue weighted by molar-refractivity contribution is 1.29. The molecule has 0 amide bonds. The summed E-state index contributed by atoms with van der Waals surface area (Å²) in [4.78, 5) is 4.52. The molecule has 0 saturated heterocycles. The molecular formula is C10H7NS. The molecule has 1 aromatic heterocycles. The fourth-order valence-corrected chi connectivity index (χ4v) is 2.43. The molecule has 2 heterocycles. The van der Waals surface area contributed by atoms with E-state index in [2.05, 4.69) is 34.7 Å². The van der Waals surface area contributed by atoms with Crippen molar-refractivity contribution in [2.24, 2.45) is 4.99 Å². The Bertz CT molecular complexity index is 502. The van der Waals surface area contributed by atoms with Crippen LogP contribution in [0.1, 0.15) is 6.42 Å². The van der Waals surface area contributed by atoms with E-state index in [0.29, 0.717) is 0 Å². The largest absolute Gasteiger partial charge is 0.237 e. The van der Waals surface area contributed by atoms with Crippen LogP contribution < -0.4 is 9.89 Å². The smallest absolute Gasteiger partial charge is 0.124 e. The molecule has 0 fully saturated rings. The Morgan fingerprint density at radius 1 is 1.42 bits per heavy atom. The van der Waals surface area contributed by atoms with Crippen LogP contribution >= 0.6 is 11.3 Å². The number of hydrogen-bond acceptors (Lipinski definition) is 2. The quantitative estimate of drug-likeness (QED) is 0.562. The van der Waals surface area contributed by atoms with Gasteiger partial charge < -0.3 is 0 Å². The van der Waals surface area contributed by atoms with Gasteiger partial charge in [0.05, 0.1) is 5.70 Å². The molecule has 1 aliphatic heterocycles. The van der Waals surface area contributed by atoms with E-state index in [0.717, 1.165) is 6.42 Å². The van der Waals surface area contributed by atoms with E-state index in [1.807, 2.05) is 0 Å². The van der Waals surface area contributed by atoms with Gasteiger partial charge in [-0.1, -0.05) is 12.2 Å². The predicted octanol–water partition coefficient (Wildman–Crippen LogP) is 1.38. The zero-order chi connectivity index (χ0) is 7.97. The predicted molar refractivity (Wildman–Crippen MR) is 50.3 cm³/mol. The first-order valence-electron chi connectivity index (χ1n) is 3.98. The van der Waals surface area contributed by atoms with Gasteiger partial charge >= 0.3 is 0 Å². The minimum atomic E-state index is 1.04. The van der Waals surface area contributed by atoms with Crippen LogP contribution in [-0.4, -0.2) is 0 Å². The van der Waals surface area contributed by atoms with Crippen LogP contribution in [0.2, 0.25) is 0 Å². The van der Waals surface area contributed by atoms with Gasteiger partial charge in [-0.05, 0) is 29.5 Å². The maximum Gasteiger partial charge on any atom is 0.124 e. The third-order valence-electron chi connectivity index (χ3n) is 2.21. The second kappa shape index (κ2) is 2.17. The lowest BCUT2D eigenvalue weighted by Gasteiger charge is -2.02. The van der Waals surface area contributed by atoms with Gasteiger partial charge in [0.1, 0.15) is 4.67 Å². The summed E-state index contributed by atoms with van der Waals surface area (Å²) >= 11 is 1.72. The summed E-state index contributed by atoms with van der Waals surface area (Å²) in [6, 6.07) is 2.17. The molecular weight excluding hydrogens is 166 g/mol. The van der Waals surface area contributed by atoms with Gasteiger partial charge in [-0.25, -0.2) is 4.99 Å². The second-order valence-corrected chi connectivity index (χ2v) is 3.81. The minimum absolute atomic E-state index is 1.04. The SMILES string of the molecule is C1=CCC2=c3ccsc3=NC2=C1. The normalized spacial score (nSPS) is 18.3. The molecule has 0 aromatic carbocycles. The van der Waals surface area contributed by atoms with E-state index in [1.165, 1.54) is 21.2 Å². The summed E-state index contributed by atoms with van der Waals surface area (Å²) in [5.41, 5.74) is 2.56. The number of hydrogen-bond donors (Lipinski definition) is 0. The monoisotopic (exact) mass is 173 g/mol. The lowest BCUT2D eigenvalue weighted by Crippen LogP contribution is -2.15. The minimum Gasteiger partial charge on any atom is -0.237 e. The number of rotatable bonds is 0. The van der Waals surface area contributed by atoms with Crippen LogP contribution in [0.5, 0.6) is 0 Å². The van der Waals surface area contributed by atoms with Gasteiger partial charge in [0, 0.05) is 5.22 Å².